The van der Waals surface area contributed by atoms with Crippen molar-refractivity contribution >= 4 is 14.3 Å². The van der Waals surface area contributed by atoms with Crippen LogP contribution in [-0.4, -0.2) is 33.6 Å². The molecule has 4 rings (SSSR count). The van der Waals surface area contributed by atoms with E-state index in [0.29, 0.717) is 30.1 Å². The van der Waals surface area contributed by atoms with E-state index in [9.17, 15) is 9.90 Å². The summed E-state index contributed by atoms with van der Waals surface area (Å²) in [5, 5.41) is 10.6. The van der Waals surface area contributed by atoms with Crippen LogP contribution in [0.3, 0.4) is 0 Å². The van der Waals surface area contributed by atoms with Crippen LogP contribution in [0.5, 0.6) is 17.2 Å². The normalized spacial score (nSPS) is 12.6. The lowest BCUT2D eigenvalue weighted by atomic mass is 10.0. The molecule has 7 nitrogen and oxygen atoms in total. The number of ether oxygens (including phenoxy) is 4. The average Bonchev–Trinajstić information content (AvgIpc) is 3.31. The van der Waals surface area contributed by atoms with Gasteiger partial charge in [-0.3, -0.25) is 4.79 Å². The highest BCUT2D eigenvalue weighted by Crippen LogP contribution is 2.39. The zero-order chi connectivity index (χ0) is 32.9. The molecule has 1 heterocycles. The summed E-state index contributed by atoms with van der Waals surface area (Å²) in [6, 6.07) is 20.9. The van der Waals surface area contributed by atoms with Gasteiger partial charge in [0, 0.05) is 12.0 Å². The minimum absolute atomic E-state index is 0.0755. The molecule has 8 heteroatoms. The van der Waals surface area contributed by atoms with E-state index in [-0.39, 0.29) is 17.4 Å². The summed E-state index contributed by atoms with van der Waals surface area (Å²) < 4.78 is 27.8. The predicted octanol–water partition coefficient (Wildman–Crippen LogP) is 8.63. The monoisotopic (exact) mass is 624 g/mol. The molecule has 1 atom stereocenters. The first-order chi connectivity index (χ1) is 20.7. The molecule has 3 aromatic carbocycles. The van der Waals surface area contributed by atoms with Crippen molar-refractivity contribution < 1.29 is 33.3 Å². The molecular weight excluding hydrogens is 572 g/mol. The van der Waals surface area contributed by atoms with E-state index in [2.05, 4.69) is 66.8 Å². The van der Waals surface area contributed by atoms with Crippen LogP contribution in [0.25, 0.3) is 0 Å². The Bertz CT molecular complexity index is 1280. The third kappa shape index (κ3) is 12.0. The van der Waals surface area contributed by atoms with Crippen molar-refractivity contribution in [2.24, 2.45) is 5.92 Å². The largest absolute Gasteiger partial charge is 0.493 e. The van der Waals surface area contributed by atoms with Crippen molar-refractivity contribution in [3.05, 3.63) is 89.0 Å². The van der Waals surface area contributed by atoms with Crippen molar-refractivity contribution in [3.63, 3.8) is 0 Å². The summed E-state index contributed by atoms with van der Waals surface area (Å²) in [5.74, 6) is 2.45. The molecular formula is C36H52O7Si. The summed E-state index contributed by atoms with van der Waals surface area (Å²) in [4.78, 5) is 11.8. The number of benzene rings is 3. The van der Waals surface area contributed by atoms with Crippen LogP contribution in [0.2, 0.25) is 18.1 Å². The van der Waals surface area contributed by atoms with Crippen LogP contribution in [0.15, 0.2) is 66.7 Å². The van der Waals surface area contributed by atoms with E-state index in [1.807, 2.05) is 42.5 Å². The van der Waals surface area contributed by atoms with E-state index in [1.54, 1.807) is 19.2 Å². The maximum atomic E-state index is 11.8. The molecule has 1 unspecified atom stereocenters. The number of aryl methyl sites for hydroxylation is 1. The second-order valence-electron chi connectivity index (χ2n) is 12.9. The minimum atomic E-state index is -1.98. The zero-order valence-electron chi connectivity index (χ0n) is 28.2. The second kappa shape index (κ2) is 17.2. The number of hydrogen-bond acceptors (Lipinski definition) is 7. The van der Waals surface area contributed by atoms with Crippen LogP contribution >= 0.6 is 0 Å². The van der Waals surface area contributed by atoms with E-state index in [4.69, 9.17) is 23.4 Å². The van der Waals surface area contributed by atoms with Crippen molar-refractivity contribution in [2.75, 3.05) is 14.2 Å². The molecule has 0 saturated heterocycles. The third-order valence-corrected chi connectivity index (χ3v) is 11.8. The standard InChI is InChI=1S/C25H36O6Si.C7H6O.C4H10/c1-25(2,3)32(6,7)30-17-20-16-21(28-4)22(15-19(20)13-14-23(26)29-5)31-24(27)18-11-9-8-10-12-18;1-2-6-4-7(3-1)8-5-6;1-4(2)3/h8-12,15-16,24,27H,13-14,17H2,1-7H3;1-4H,5H2;4H,1-3H3. The van der Waals surface area contributed by atoms with Gasteiger partial charge in [-0.25, -0.2) is 0 Å². The number of methoxy groups -OCH3 is 2. The Hall–Kier alpha value is -3.33. The minimum Gasteiger partial charge on any atom is -0.493 e. The van der Waals surface area contributed by atoms with E-state index in [1.165, 1.54) is 12.7 Å². The first kappa shape index (κ1) is 36.9. The summed E-state index contributed by atoms with van der Waals surface area (Å²) in [6.07, 6.45) is -0.450. The van der Waals surface area contributed by atoms with Gasteiger partial charge in [-0.15, -0.1) is 0 Å². The number of aliphatic hydroxyl groups is 1. The van der Waals surface area contributed by atoms with Gasteiger partial charge in [0.2, 0.25) is 6.29 Å². The Balaban J connectivity index is 0.000000461. The number of esters is 1. The lowest BCUT2D eigenvalue weighted by Crippen LogP contribution is -2.40. The van der Waals surface area contributed by atoms with E-state index < -0.39 is 14.6 Å². The summed E-state index contributed by atoms with van der Waals surface area (Å²) in [6.45, 7) is 18.7. The molecule has 1 N–H and O–H groups in total. The average molecular weight is 625 g/mol. The molecule has 1 aliphatic rings. The zero-order valence-corrected chi connectivity index (χ0v) is 29.2. The lowest BCUT2D eigenvalue weighted by Gasteiger charge is -2.36. The number of hydrogen-bond donors (Lipinski definition) is 1. The Kier molecular flexibility index (Phi) is 14.4. The molecule has 1 aliphatic heterocycles. The molecule has 0 fully saturated rings. The molecule has 0 spiro atoms. The number of carbonyl (C=O) groups is 1. The number of carbonyl (C=O) groups excluding carboxylic acids is 1. The first-order valence-corrected chi connectivity index (χ1v) is 18.1. The molecule has 0 aromatic heterocycles. The van der Waals surface area contributed by atoms with Crippen molar-refractivity contribution in [3.8, 4) is 17.2 Å². The summed E-state index contributed by atoms with van der Waals surface area (Å²) in [5.41, 5.74) is 3.74. The molecule has 242 valence electrons. The van der Waals surface area contributed by atoms with Gasteiger partial charge in [-0.2, -0.15) is 0 Å². The predicted molar refractivity (Wildman–Crippen MR) is 179 cm³/mol. The van der Waals surface area contributed by atoms with Gasteiger partial charge < -0.3 is 28.5 Å². The van der Waals surface area contributed by atoms with E-state index >= 15 is 0 Å². The molecule has 0 radical (unpaired) electrons. The number of aliphatic hydroxyl groups excluding tert-OH is 1. The molecule has 0 saturated carbocycles. The van der Waals surface area contributed by atoms with Crippen LogP contribution in [0.1, 0.15) is 76.5 Å². The SMILES string of the molecule is CC(C)C.COC(=O)CCc1cc(OC(O)c2ccccc2)c(OC)cc1CO[Si](C)(C)C(C)(C)C.c1cc2cc(c1)OC2. The van der Waals surface area contributed by atoms with Gasteiger partial charge in [-0.05, 0) is 71.4 Å². The Morgan fingerprint density at radius 1 is 0.932 bits per heavy atom. The van der Waals surface area contributed by atoms with Gasteiger partial charge in [0.25, 0.3) is 0 Å². The summed E-state index contributed by atoms with van der Waals surface area (Å²) in [7, 11) is 0.959. The van der Waals surface area contributed by atoms with Gasteiger partial charge >= 0.3 is 5.97 Å². The second-order valence-corrected chi connectivity index (χ2v) is 17.8. The van der Waals surface area contributed by atoms with E-state index in [0.717, 1.165) is 29.4 Å². The topological polar surface area (TPSA) is 83.5 Å². The fraction of sp³-hybridized carbons (Fsp3) is 0.472. The molecule has 3 aromatic rings. The first-order valence-electron chi connectivity index (χ1n) is 15.2. The van der Waals surface area contributed by atoms with Gasteiger partial charge in [0.1, 0.15) is 12.4 Å². The maximum Gasteiger partial charge on any atom is 0.305 e. The van der Waals surface area contributed by atoms with Crippen molar-refractivity contribution in [1.29, 1.82) is 0 Å². The molecule has 0 amide bonds. The number of fused-ring (bicyclic) bond motifs is 2. The Morgan fingerprint density at radius 3 is 2.11 bits per heavy atom. The fourth-order valence-corrected chi connectivity index (χ4v) is 4.72. The maximum absolute atomic E-state index is 11.8. The fourth-order valence-electron chi connectivity index (χ4n) is 3.77. The third-order valence-electron chi connectivity index (χ3n) is 7.33. The Labute approximate surface area is 265 Å². The van der Waals surface area contributed by atoms with Crippen molar-refractivity contribution in [2.45, 2.75) is 92.0 Å². The van der Waals surface area contributed by atoms with Crippen LogP contribution in [0, 0.1) is 5.92 Å². The summed E-state index contributed by atoms with van der Waals surface area (Å²) >= 11 is 0. The smallest absolute Gasteiger partial charge is 0.305 e. The quantitative estimate of drug-likeness (QED) is 0.137. The highest BCUT2D eigenvalue weighted by Gasteiger charge is 2.37. The van der Waals surface area contributed by atoms with Gasteiger partial charge in [-0.1, -0.05) is 84.0 Å². The molecule has 2 bridgehead atoms. The molecule has 44 heavy (non-hydrogen) atoms. The van der Waals surface area contributed by atoms with Crippen LogP contribution in [0.4, 0.5) is 0 Å². The van der Waals surface area contributed by atoms with Gasteiger partial charge in [0.15, 0.2) is 19.8 Å². The lowest BCUT2D eigenvalue weighted by molar-refractivity contribution is -0.140. The Morgan fingerprint density at radius 2 is 1.57 bits per heavy atom. The van der Waals surface area contributed by atoms with Crippen LogP contribution < -0.4 is 14.2 Å². The highest BCUT2D eigenvalue weighted by atomic mass is 28.4. The van der Waals surface area contributed by atoms with Crippen LogP contribution in [-0.2, 0) is 33.6 Å². The van der Waals surface area contributed by atoms with Gasteiger partial charge in [0.05, 0.1) is 20.8 Å². The highest BCUT2D eigenvalue weighted by molar-refractivity contribution is 6.74. The molecule has 0 aliphatic carbocycles. The van der Waals surface area contributed by atoms with Crippen molar-refractivity contribution in [1.82, 2.24) is 0 Å². The number of rotatable bonds is 10.